The Balaban J connectivity index is 1.33. The van der Waals surface area contributed by atoms with E-state index in [1.807, 2.05) is 18.2 Å². The number of ether oxygens (including phenoxy) is 1. The van der Waals surface area contributed by atoms with Crippen molar-refractivity contribution in [1.29, 1.82) is 0 Å². The molecule has 1 fully saturated rings. The highest BCUT2D eigenvalue weighted by Crippen LogP contribution is 2.26. The Bertz CT molecular complexity index is 964. The van der Waals surface area contributed by atoms with Gasteiger partial charge in [0.05, 0.1) is 17.9 Å². The van der Waals surface area contributed by atoms with Crippen LogP contribution in [0.4, 0.5) is 0 Å². The van der Waals surface area contributed by atoms with Gasteiger partial charge in [-0.25, -0.2) is 8.42 Å². The zero-order valence-corrected chi connectivity index (χ0v) is 16.5. The Labute approximate surface area is 165 Å². The maximum Gasteiger partial charge on any atom is 0.243 e. The molecule has 6 nitrogen and oxygen atoms in total. The van der Waals surface area contributed by atoms with Crippen LogP contribution in [0.2, 0.25) is 0 Å². The summed E-state index contributed by atoms with van der Waals surface area (Å²) < 4.78 is 32.1. The lowest BCUT2D eigenvalue weighted by molar-refractivity contribution is -0.120. The number of benzene rings is 2. The van der Waals surface area contributed by atoms with Gasteiger partial charge in [0.15, 0.2) is 0 Å². The summed E-state index contributed by atoms with van der Waals surface area (Å²) in [5.74, 6) is 0.848. The highest BCUT2D eigenvalue weighted by atomic mass is 32.2. The fourth-order valence-electron chi connectivity index (χ4n) is 3.66. The molecule has 0 spiro atoms. The number of hydrogen-bond acceptors (Lipinski definition) is 4. The number of hydrogen-bond donors (Lipinski definition) is 1. The first-order chi connectivity index (χ1) is 13.5. The summed E-state index contributed by atoms with van der Waals surface area (Å²) in [7, 11) is -3.40. The van der Waals surface area contributed by atoms with Crippen LogP contribution in [0.3, 0.4) is 0 Å². The maximum absolute atomic E-state index is 12.5. The number of nitrogens with one attached hydrogen (secondary N) is 1. The number of sulfonamides is 1. The maximum atomic E-state index is 12.5. The van der Waals surface area contributed by atoms with E-state index in [1.165, 1.54) is 4.31 Å². The number of carbonyl (C=O) groups excluding carboxylic acids is 1. The number of carbonyl (C=O) groups is 1. The minimum Gasteiger partial charge on any atom is -0.493 e. The van der Waals surface area contributed by atoms with Crippen molar-refractivity contribution in [2.45, 2.75) is 37.1 Å². The molecule has 28 heavy (non-hydrogen) atoms. The SMILES string of the molecule is O=C(Cc1ccc2c(c1)CCO2)NCc1ccc(S(=O)(=O)N2CCCC2)cc1. The van der Waals surface area contributed by atoms with Gasteiger partial charge in [-0.3, -0.25) is 4.79 Å². The van der Waals surface area contributed by atoms with E-state index in [-0.39, 0.29) is 5.91 Å². The average Bonchev–Trinajstić information content (AvgIpc) is 3.38. The largest absolute Gasteiger partial charge is 0.493 e. The summed E-state index contributed by atoms with van der Waals surface area (Å²) in [6.45, 7) is 2.26. The molecular formula is C21H24N2O4S. The quantitative estimate of drug-likeness (QED) is 0.807. The van der Waals surface area contributed by atoms with Crippen LogP contribution in [0.1, 0.15) is 29.5 Å². The third-order valence-electron chi connectivity index (χ3n) is 5.23. The van der Waals surface area contributed by atoms with Gasteiger partial charge in [-0.1, -0.05) is 24.3 Å². The minimum absolute atomic E-state index is 0.0624. The lowest BCUT2D eigenvalue weighted by atomic mass is 10.1. The van der Waals surface area contributed by atoms with E-state index < -0.39 is 10.0 Å². The first kappa shape index (κ1) is 19.0. The summed E-state index contributed by atoms with van der Waals surface area (Å²) >= 11 is 0. The van der Waals surface area contributed by atoms with Crippen molar-refractivity contribution < 1.29 is 17.9 Å². The third-order valence-corrected chi connectivity index (χ3v) is 7.15. The Morgan fingerprint density at radius 2 is 1.75 bits per heavy atom. The van der Waals surface area contributed by atoms with E-state index in [2.05, 4.69) is 5.32 Å². The van der Waals surface area contributed by atoms with Gasteiger partial charge in [0.1, 0.15) is 5.75 Å². The zero-order chi connectivity index (χ0) is 19.6. The molecule has 1 saturated heterocycles. The molecule has 0 bridgehead atoms. The lowest BCUT2D eigenvalue weighted by Crippen LogP contribution is -2.28. The molecule has 1 amide bonds. The van der Waals surface area contributed by atoms with Crippen LogP contribution in [-0.2, 0) is 34.2 Å². The van der Waals surface area contributed by atoms with Gasteiger partial charge in [-0.15, -0.1) is 0 Å². The van der Waals surface area contributed by atoms with Crippen molar-refractivity contribution >= 4 is 15.9 Å². The monoisotopic (exact) mass is 400 g/mol. The molecule has 0 radical (unpaired) electrons. The van der Waals surface area contributed by atoms with E-state index in [9.17, 15) is 13.2 Å². The molecule has 2 heterocycles. The van der Waals surface area contributed by atoms with Crippen molar-refractivity contribution in [1.82, 2.24) is 9.62 Å². The second-order valence-corrected chi connectivity index (χ2v) is 9.19. The van der Waals surface area contributed by atoms with Crippen molar-refractivity contribution in [3.05, 3.63) is 59.2 Å². The van der Waals surface area contributed by atoms with Crippen LogP contribution in [0.15, 0.2) is 47.4 Å². The fourth-order valence-corrected chi connectivity index (χ4v) is 5.17. The standard InChI is InChI=1S/C21H24N2O4S/c24-21(14-17-5-8-20-18(13-17)9-12-27-20)22-15-16-3-6-19(7-4-16)28(25,26)23-10-1-2-11-23/h3-8,13H,1-2,9-12,14-15H2,(H,22,24). The first-order valence-electron chi connectivity index (χ1n) is 9.63. The molecule has 0 aromatic heterocycles. The second kappa shape index (κ2) is 7.93. The van der Waals surface area contributed by atoms with E-state index in [1.54, 1.807) is 24.3 Å². The number of nitrogens with zero attached hydrogens (tertiary/aromatic N) is 1. The Morgan fingerprint density at radius 3 is 2.50 bits per heavy atom. The van der Waals surface area contributed by atoms with Gasteiger partial charge in [-0.05, 0) is 47.7 Å². The van der Waals surface area contributed by atoms with Crippen LogP contribution in [0.5, 0.6) is 5.75 Å². The van der Waals surface area contributed by atoms with Gasteiger partial charge in [0.2, 0.25) is 15.9 Å². The molecule has 148 valence electrons. The van der Waals surface area contributed by atoms with Gasteiger partial charge in [-0.2, -0.15) is 4.31 Å². The highest BCUT2D eigenvalue weighted by molar-refractivity contribution is 7.89. The van der Waals surface area contributed by atoms with E-state index >= 15 is 0 Å². The van der Waals surface area contributed by atoms with Crippen molar-refractivity contribution in [2.75, 3.05) is 19.7 Å². The van der Waals surface area contributed by atoms with Crippen LogP contribution in [0.25, 0.3) is 0 Å². The predicted molar refractivity (Wildman–Crippen MR) is 106 cm³/mol. The molecular weight excluding hydrogens is 376 g/mol. The molecule has 0 saturated carbocycles. The van der Waals surface area contributed by atoms with Crippen LogP contribution in [-0.4, -0.2) is 38.3 Å². The van der Waals surface area contributed by atoms with Gasteiger partial charge in [0.25, 0.3) is 0 Å². The molecule has 1 N–H and O–H groups in total. The Kier molecular flexibility index (Phi) is 5.37. The minimum atomic E-state index is -3.40. The van der Waals surface area contributed by atoms with E-state index in [4.69, 9.17) is 4.74 Å². The molecule has 0 atom stereocenters. The van der Waals surface area contributed by atoms with E-state index in [0.29, 0.717) is 37.6 Å². The molecule has 4 rings (SSSR count). The Hall–Kier alpha value is -2.38. The van der Waals surface area contributed by atoms with E-state index in [0.717, 1.165) is 41.7 Å². The van der Waals surface area contributed by atoms with Crippen molar-refractivity contribution in [3.63, 3.8) is 0 Å². The summed E-state index contributed by atoms with van der Waals surface area (Å²) in [6.07, 6.45) is 3.04. The molecule has 0 unspecified atom stereocenters. The molecule has 2 aliphatic rings. The molecule has 0 aliphatic carbocycles. The topological polar surface area (TPSA) is 75.7 Å². The molecule has 2 aromatic rings. The van der Waals surface area contributed by atoms with Crippen LogP contribution in [0, 0.1) is 0 Å². The average molecular weight is 401 g/mol. The van der Waals surface area contributed by atoms with Crippen molar-refractivity contribution in [2.24, 2.45) is 0 Å². The van der Waals surface area contributed by atoms with Gasteiger partial charge >= 0.3 is 0 Å². The van der Waals surface area contributed by atoms with Gasteiger partial charge < -0.3 is 10.1 Å². The number of amides is 1. The summed E-state index contributed by atoms with van der Waals surface area (Å²) in [6, 6.07) is 12.6. The Morgan fingerprint density at radius 1 is 1.04 bits per heavy atom. The first-order valence-corrected chi connectivity index (χ1v) is 11.1. The third kappa shape index (κ3) is 4.05. The van der Waals surface area contributed by atoms with Crippen molar-refractivity contribution in [3.8, 4) is 5.75 Å². The summed E-state index contributed by atoms with van der Waals surface area (Å²) in [4.78, 5) is 12.6. The van der Waals surface area contributed by atoms with Crippen LogP contribution < -0.4 is 10.1 Å². The number of fused-ring (bicyclic) bond motifs is 1. The number of rotatable bonds is 6. The second-order valence-electron chi connectivity index (χ2n) is 7.25. The smallest absolute Gasteiger partial charge is 0.243 e. The zero-order valence-electron chi connectivity index (χ0n) is 15.7. The molecule has 2 aromatic carbocycles. The molecule has 2 aliphatic heterocycles. The highest BCUT2D eigenvalue weighted by Gasteiger charge is 2.26. The molecule has 7 heteroatoms. The fraction of sp³-hybridized carbons (Fsp3) is 0.381. The summed E-state index contributed by atoms with van der Waals surface area (Å²) in [5.41, 5.74) is 2.99. The van der Waals surface area contributed by atoms with Gasteiger partial charge in [0, 0.05) is 26.1 Å². The summed E-state index contributed by atoms with van der Waals surface area (Å²) in [5, 5.41) is 2.90. The lowest BCUT2D eigenvalue weighted by Gasteiger charge is -2.15. The normalized spacial score (nSPS) is 16.6. The van der Waals surface area contributed by atoms with Crippen LogP contribution >= 0.6 is 0 Å². The predicted octanol–water partition coefficient (Wildman–Crippen LogP) is 2.26.